The summed E-state index contributed by atoms with van der Waals surface area (Å²) in [5, 5.41) is 11.3. The number of aryl methyl sites for hydroxylation is 1. The van der Waals surface area contributed by atoms with Gasteiger partial charge in [0.05, 0.1) is 17.0 Å². The van der Waals surface area contributed by atoms with Crippen molar-refractivity contribution in [3.63, 3.8) is 0 Å². The molecular formula is C19H16KN3O3. The molecule has 0 atom stereocenters. The second-order valence-electron chi connectivity index (χ2n) is 6.42. The van der Waals surface area contributed by atoms with Crippen LogP contribution in [-0.4, -0.2) is 15.4 Å². The zero-order chi connectivity index (χ0) is 17.7. The molecule has 1 saturated carbocycles. The predicted molar refractivity (Wildman–Crippen MR) is 92.4 cm³/mol. The molecule has 3 heterocycles. The van der Waals surface area contributed by atoms with Gasteiger partial charge in [0.1, 0.15) is 5.82 Å². The van der Waals surface area contributed by atoms with Crippen LogP contribution in [0.1, 0.15) is 40.2 Å². The molecule has 3 aromatic heterocycles. The molecule has 1 fully saturated rings. The molecule has 0 radical (unpaired) electrons. The summed E-state index contributed by atoms with van der Waals surface area (Å²) in [6, 6.07) is 6.90. The van der Waals surface area contributed by atoms with Crippen LogP contribution in [0.4, 0.5) is 5.82 Å². The van der Waals surface area contributed by atoms with Crippen LogP contribution in [0.3, 0.4) is 0 Å². The predicted octanol–water partition coefficient (Wildman–Crippen LogP) is -1.50. The van der Waals surface area contributed by atoms with Crippen LogP contribution in [0, 0.1) is 6.92 Å². The first-order chi connectivity index (χ1) is 12.0. The number of aromatic carboxylic acids is 1. The molecule has 4 rings (SSSR count). The Bertz CT molecular complexity index is 1070. The molecule has 7 heteroatoms. The van der Waals surface area contributed by atoms with E-state index in [4.69, 9.17) is 5.73 Å². The van der Waals surface area contributed by atoms with Crippen LogP contribution in [0.15, 0.2) is 41.5 Å². The standard InChI is InChI=1S/C19H17N3O3.K/c1-10-13(12-4-5-16(20)21-9-12)6-7-22-17(10)14(11-2-3-11)8-15(18(22)23)19(24)25;/h4-9,11H,2-3H2,1H3,(H2,20,21)(H,24,25);/q;+1/p-1. The number of fused-ring (bicyclic) bond motifs is 1. The molecule has 0 unspecified atom stereocenters. The molecule has 6 nitrogen and oxygen atoms in total. The largest absolute Gasteiger partial charge is 1.00 e. The summed E-state index contributed by atoms with van der Waals surface area (Å²) in [5.41, 5.74) is 9.21. The summed E-state index contributed by atoms with van der Waals surface area (Å²) in [5.74, 6) is -0.714. The van der Waals surface area contributed by atoms with Gasteiger partial charge in [-0.25, -0.2) is 4.98 Å². The monoisotopic (exact) mass is 373 g/mol. The van der Waals surface area contributed by atoms with E-state index in [0.29, 0.717) is 5.82 Å². The summed E-state index contributed by atoms with van der Waals surface area (Å²) in [6.07, 6.45) is 5.30. The number of hydrogen-bond acceptors (Lipinski definition) is 5. The van der Waals surface area contributed by atoms with Crippen LogP contribution in [0.25, 0.3) is 16.6 Å². The fraction of sp³-hybridized carbons (Fsp3) is 0.211. The van der Waals surface area contributed by atoms with Gasteiger partial charge in [0.2, 0.25) is 0 Å². The van der Waals surface area contributed by atoms with Crippen molar-refractivity contribution in [3.05, 3.63) is 63.7 Å². The minimum Gasteiger partial charge on any atom is -0.545 e. The van der Waals surface area contributed by atoms with E-state index in [-0.39, 0.29) is 62.9 Å². The number of carbonyl (C=O) groups is 1. The molecule has 1 aliphatic rings. The Hall–Kier alpha value is -1.51. The second-order valence-corrected chi connectivity index (χ2v) is 6.42. The molecule has 3 aromatic rings. The van der Waals surface area contributed by atoms with Crippen molar-refractivity contribution in [3.8, 4) is 11.1 Å². The normalized spacial score (nSPS) is 13.4. The van der Waals surface area contributed by atoms with Crippen molar-refractivity contribution in [1.29, 1.82) is 0 Å². The van der Waals surface area contributed by atoms with Crippen molar-refractivity contribution in [2.24, 2.45) is 0 Å². The van der Waals surface area contributed by atoms with E-state index in [1.807, 2.05) is 13.0 Å². The van der Waals surface area contributed by atoms with Crippen molar-refractivity contribution >= 4 is 17.3 Å². The summed E-state index contributed by atoms with van der Waals surface area (Å²) in [6.45, 7) is 1.94. The number of hydrogen-bond donors (Lipinski definition) is 1. The zero-order valence-corrected chi connectivity index (χ0v) is 17.8. The number of nitrogens with zero attached hydrogens (tertiary/aromatic N) is 2. The van der Waals surface area contributed by atoms with Crippen LogP contribution in [0.5, 0.6) is 0 Å². The molecule has 126 valence electrons. The van der Waals surface area contributed by atoms with Crippen LogP contribution < -0.4 is 67.8 Å². The van der Waals surface area contributed by atoms with E-state index in [9.17, 15) is 14.7 Å². The Morgan fingerprint density at radius 1 is 1.31 bits per heavy atom. The molecule has 0 aromatic carbocycles. The van der Waals surface area contributed by atoms with E-state index in [0.717, 1.165) is 40.6 Å². The molecule has 0 aliphatic heterocycles. The van der Waals surface area contributed by atoms with Crippen LogP contribution in [0.2, 0.25) is 0 Å². The zero-order valence-electron chi connectivity index (χ0n) is 14.7. The summed E-state index contributed by atoms with van der Waals surface area (Å²) in [4.78, 5) is 28.0. The fourth-order valence-electron chi connectivity index (χ4n) is 3.33. The molecule has 26 heavy (non-hydrogen) atoms. The van der Waals surface area contributed by atoms with Crippen molar-refractivity contribution in [1.82, 2.24) is 9.38 Å². The number of carbonyl (C=O) groups excluding carboxylic acids is 1. The molecule has 1 aliphatic carbocycles. The van der Waals surface area contributed by atoms with Gasteiger partial charge in [-0.3, -0.25) is 9.20 Å². The fourth-order valence-corrected chi connectivity index (χ4v) is 3.33. The van der Waals surface area contributed by atoms with E-state index >= 15 is 0 Å². The third kappa shape index (κ3) is 3.25. The van der Waals surface area contributed by atoms with E-state index in [2.05, 4.69) is 4.98 Å². The van der Waals surface area contributed by atoms with Gasteiger partial charge < -0.3 is 15.6 Å². The minimum atomic E-state index is -1.44. The Balaban J connectivity index is 0.00000196. The maximum atomic E-state index is 12.5. The summed E-state index contributed by atoms with van der Waals surface area (Å²) in [7, 11) is 0. The van der Waals surface area contributed by atoms with E-state index in [1.54, 1.807) is 24.5 Å². The SMILES string of the molecule is Cc1c(-c2ccc(N)nc2)ccn2c(=O)c(C(=O)[O-])cc(C3CC3)c12.[K+]. The molecular weight excluding hydrogens is 357 g/mol. The van der Waals surface area contributed by atoms with Crippen molar-refractivity contribution in [2.75, 3.05) is 5.73 Å². The van der Waals surface area contributed by atoms with Crippen molar-refractivity contribution in [2.45, 2.75) is 25.7 Å². The first-order valence-corrected chi connectivity index (χ1v) is 8.09. The number of carboxylic acids is 1. The van der Waals surface area contributed by atoms with Crippen LogP contribution >= 0.6 is 0 Å². The second kappa shape index (κ2) is 7.24. The molecule has 0 spiro atoms. The quantitative estimate of drug-likeness (QED) is 0.563. The number of nitrogens with two attached hydrogens (primary N) is 1. The smallest absolute Gasteiger partial charge is 0.545 e. The Labute approximate surface area is 192 Å². The Kier molecular flexibility index (Phi) is 5.37. The van der Waals surface area contributed by atoms with Crippen LogP contribution in [-0.2, 0) is 0 Å². The van der Waals surface area contributed by atoms with Crippen molar-refractivity contribution < 1.29 is 61.3 Å². The van der Waals surface area contributed by atoms with Gasteiger partial charge >= 0.3 is 51.4 Å². The Morgan fingerprint density at radius 2 is 2.04 bits per heavy atom. The first kappa shape index (κ1) is 19.3. The molecule has 0 amide bonds. The average molecular weight is 373 g/mol. The van der Waals surface area contributed by atoms with Gasteiger partial charge in [0.25, 0.3) is 5.56 Å². The third-order valence-electron chi connectivity index (χ3n) is 4.75. The summed E-state index contributed by atoms with van der Waals surface area (Å²) < 4.78 is 1.42. The van der Waals surface area contributed by atoms with E-state index < -0.39 is 11.5 Å². The summed E-state index contributed by atoms with van der Waals surface area (Å²) >= 11 is 0. The Morgan fingerprint density at radius 3 is 2.62 bits per heavy atom. The maximum absolute atomic E-state index is 12.5. The molecule has 2 N–H and O–H groups in total. The number of aromatic nitrogens is 2. The number of pyridine rings is 3. The topological polar surface area (TPSA) is 101 Å². The van der Waals surface area contributed by atoms with E-state index in [1.165, 1.54) is 10.5 Å². The van der Waals surface area contributed by atoms with Gasteiger partial charge in [-0.15, -0.1) is 0 Å². The van der Waals surface area contributed by atoms with Gasteiger partial charge in [-0.2, -0.15) is 0 Å². The van der Waals surface area contributed by atoms with Gasteiger partial charge in [-0.05, 0) is 66.6 Å². The maximum Gasteiger partial charge on any atom is 1.00 e. The average Bonchev–Trinajstić information content (AvgIpc) is 3.41. The molecule has 0 bridgehead atoms. The first-order valence-electron chi connectivity index (χ1n) is 8.09. The van der Waals surface area contributed by atoms with Gasteiger partial charge in [-0.1, -0.05) is 0 Å². The molecule has 0 saturated heterocycles. The van der Waals surface area contributed by atoms with Gasteiger partial charge in [0, 0.05) is 18.0 Å². The number of nitrogen functional groups attached to an aromatic ring is 1. The third-order valence-corrected chi connectivity index (χ3v) is 4.75. The minimum absolute atomic E-state index is 0. The van der Waals surface area contributed by atoms with Gasteiger partial charge in [0.15, 0.2) is 0 Å². The number of carboxylic acid groups (broad SMARTS) is 1. The number of rotatable bonds is 3. The number of anilines is 1.